The van der Waals surface area contributed by atoms with Crippen molar-refractivity contribution in [1.82, 2.24) is 0 Å². The molecule has 2 nitrogen and oxygen atoms in total. The van der Waals surface area contributed by atoms with Crippen LogP contribution in [-0.4, -0.2) is 15.6 Å². The van der Waals surface area contributed by atoms with Crippen LogP contribution in [0.2, 0.25) is 5.02 Å². The molecule has 1 rings (SSSR count). The molecule has 23 heavy (non-hydrogen) atoms. The molecule has 0 aliphatic rings. The third-order valence-corrected chi connectivity index (χ3v) is 4.70. The number of ketones is 1. The molecule has 4 heteroatoms. The molecule has 0 aliphatic heterocycles. The van der Waals surface area contributed by atoms with Gasteiger partial charge >= 0.3 is 0 Å². The number of Topliss-reactive ketones (excluding diaryl/α,β-unsaturated/α-hetero) is 1. The summed E-state index contributed by atoms with van der Waals surface area (Å²) in [6, 6.07) is 7.45. The van der Waals surface area contributed by atoms with Crippen LogP contribution in [0.1, 0.15) is 65.9 Å². The molecule has 0 unspecified atom stereocenters. The van der Waals surface area contributed by atoms with Crippen LogP contribution in [0.15, 0.2) is 24.3 Å². The zero-order chi connectivity index (χ0) is 17.8. The number of hydrogen-bond donors (Lipinski definition) is 0. The van der Waals surface area contributed by atoms with Crippen molar-refractivity contribution in [3.05, 3.63) is 34.9 Å². The van der Waals surface area contributed by atoms with Gasteiger partial charge in [-0.25, -0.2) is 0 Å². The topological polar surface area (TPSA) is 34.1 Å². The van der Waals surface area contributed by atoms with Crippen molar-refractivity contribution in [3.63, 3.8) is 0 Å². The molecule has 0 N–H and O–H groups in total. The van der Waals surface area contributed by atoms with Crippen molar-refractivity contribution < 1.29 is 9.59 Å². The summed E-state index contributed by atoms with van der Waals surface area (Å²) >= 11 is 7.29. The molecular weight excluding hydrogens is 328 g/mol. The normalized spacial score (nSPS) is 13.7. The monoisotopic (exact) mass is 354 g/mol. The Morgan fingerprint density at radius 2 is 1.52 bits per heavy atom. The van der Waals surface area contributed by atoms with Gasteiger partial charge in [0.25, 0.3) is 0 Å². The highest BCUT2D eigenvalue weighted by atomic mass is 35.5. The minimum absolute atomic E-state index is 0.0960. The second-order valence-corrected chi connectivity index (χ2v) is 10.2. The highest BCUT2D eigenvalue weighted by molar-refractivity contribution is 8.14. The van der Waals surface area contributed by atoms with Gasteiger partial charge in [0.1, 0.15) is 5.78 Å². The average molecular weight is 355 g/mol. The van der Waals surface area contributed by atoms with Crippen LogP contribution in [0.5, 0.6) is 0 Å². The highest BCUT2D eigenvalue weighted by Crippen LogP contribution is 2.33. The lowest BCUT2D eigenvalue weighted by Gasteiger charge is -2.23. The van der Waals surface area contributed by atoms with Gasteiger partial charge in [0.05, 0.1) is 0 Å². The summed E-state index contributed by atoms with van der Waals surface area (Å²) in [7, 11) is 0. The summed E-state index contributed by atoms with van der Waals surface area (Å²) in [6.07, 6.45) is 0.743. The molecule has 0 aromatic heterocycles. The first-order chi connectivity index (χ1) is 10.4. The summed E-state index contributed by atoms with van der Waals surface area (Å²) in [5.74, 6) is 0.0763. The predicted molar refractivity (Wildman–Crippen MR) is 100 cm³/mol. The van der Waals surface area contributed by atoms with E-state index in [0.29, 0.717) is 17.9 Å². The standard InChI is InChI=1S/C19H27ClO2S/c1-18(2,3)16(21)11-14(12-17(22)23-19(4,5)6)13-7-9-15(20)10-8-13/h7-10,14H,11-12H2,1-6H3/t14-/m0/s1. The molecular formula is C19H27ClO2S. The molecule has 1 atom stereocenters. The van der Waals surface area contributed by atoms with Gasteiger partial charge in [-0.05, 0) is 23.6 Å². The Kier molecular flexibility index (Phi) is 6.91. The molecule has 0 aliphatic carbocycles. The van der Waals surface area contributed by atoms with E-state index in [1.807, 2.05) is 65.8 Å². The fourth-order valence-electron chi connectivity index (χ4n) is 2.16. The molecule has 0 radical (unpaired) electrons. The SMILES string of the molecule is CC(C)(C)SC(=O)C[C@H](CC(=O)C(C)(C)C)c1ccc(Cl)cc1. The van der Waals surface area contributed by atoms with E-state index in [9.17, 15) is 9.59 Å². The van der Waals surface area contributed by atoms with Crippen molar-refractivity contribution in [1.29, 1.82) is 0 Å². The van der Waals surface area contributed by atoms with E-state index < -0.39 is 5.41 Å². The Bertz CT molecular complexity index is 550. The van der Waals surface area contributed by atoms with E-state index in [4.69, 9.17) is 11.6 Å². The molecule has 0 saturated carbocycles. The van der Waals surface area contributed by atoms with Crippen LogP contribution in [0.3, 0.4) is 0 Å². The third kappa shape index (κ3) is 7.54. The zero-order valence-corrected chi connectivity index (χ0v) is 16.5. The lowest BCUT2D eigenvalue weighted by Crippen LogP contribution is -2.23. The molecule has 1 aromatic carbocycles. The van der Waals surface area contributed by atoms with E-state index in [1.54, 1.807) is 0 Å². The summed E-state index contributed by atoms with van der Waals surface area (Å²) in [6.45, 7) is 11.8. The summed E-state index contributed by atoms with van der Waals surface area (Å²) in [5, 5.41) is 0.782. The fourth-order valence-corrected chi connectivity index (χ4v) is 3.25. The molecule has 0 bridgehead atoms. The van der Waals surface area contributed by atoms with Gasteiger partial charge < -0.3 is 0 Å². The third-order valence-electron chi connectivity index (χ3n) is 3.44. The second-order valence-electron chi connectivity index (χ2n) is 7.92. The predicted octanol–water partition coefficient (Wildman–Crippen LogP) is 5.88. The van der Waals surface area contributed by atoms with Gasteiger partial charge in [-0.3, -0.25) is 9.59 Å². The zero-order valence-electron chi connectivity index (χ0n) is 14.9. The van der Waals surface area contributed by atoms with Crippen molar-refractivity contribution in [3.8, 4) is 0 Å². The largest absolute Gasteiger partial charge is 0.299 e. The highest BCUT2D eigenvalue weighted by Gasteiger charge is 2.28. The molecule has 1 aromatic rings. The maximum absolute atomic E-state index is 12.4. The maximum atomic E-state index is 12.4. The van der Waals surface area contributed by atoms with Crippen molar-refractivity contribution in [2.24, 2.45) is 5.41 Å². The van der Waals surface area contributed by atoms with E-state index in [2.05, 4.69) is 0 Å². The number of rotatable bonds is 5. The molecule has 0 spiro atoms. The summed E-state index contributed by atoms with van der Waals surface area (Å²) in [5.41, 5.74) is 0.597. The van der Waals surface area contributed by atoms with E-state index in [1.165, 1.54) is 11.8 Å². The molecule has 0 saturated heterocycles. The Morgan fingerprint density at radius 1 is 1.00 bits per heavy atom. The summed E-state index contributed by atoms with van der Waals surface area (Å²) < 4.78 is -0.115. The lowest BCUT2D eigenvalue weighted by atomic mass is 9.82. The Balaban J connectivity index is 2.95. The number of carbonyl (C=O) groups is 2. The minimum atomic E-state index is -0.398. The van der Waals surface area contributed by atoms with Gasteiger partial charge in [-0.1, -0.05) is 77.0 Å². The first-order valence-electron chi connectivity index (χ1n) is 7.89. The maximum Gasteiger partial charge on any atom is 0.190 e. The van der Waals surface area contributed by atoms with Gasteiger partial charge in [-0.2, -0.15) is 0 Å². The Morgan fingerprint density at radius 3 is 1.96 bits per heavy atom. The Hall–Kier alpha value is -0.800. The van der Waals surface area contributed by atoms with Crippen LogP contribution in [0, 0.1) is 5.41 Å². The van der Waals surface area contributed by atoms with Crippen LogP contribution >= 0.6 is 23.4 Å². The van der Waals surface area contributed by atoms with Crippen LogP contribution in [0.4, 0.5) is 0 Å². The van der Waals surface area contributed by atoms with E-state index in [-0.39, 0.29) is 21.6 Å². The van der Waals surface area contributed by atoms with Crippen LogP contribution in [0.25, 0.3) is 0 Å². The van der Waals surface area contributed by atoms with Gasteiger partial charge in [0.15, 0.2) is 5.12 Å². The van der Waals surface area contributed by atoms with E-state index in [0.717, 1.165) is 5.56 Å². The molecule has 0 amide bonds. The van der Waals surface area contributed by atoms with Crippen LogP contribution < -0.4 is 0 Å². The number of halogens is 1. The average Bonchev–Trinajstić information content (AvgIpc) is 2.35. The number of hydrogen-bond acceptors (Lipinski definition) is 3. The molecule has 128 valence electrons. The summed E-state index contributed by atoms with van der Waals surface area (Å²) in [4.78, 5) is 24.8. The van der Waals surface area contributed by atoms with Gasteiger partial charge in [0, 0.05) is 28.0 Å². The lowest BCUT2D eigenvalue weighted by molar-refractivity contribution is -0.126. The Labute approximate surface area is 149 Å². The number of carbonyl (C=O) groups excluding carboxylic acids is 2. The smallest absolute Gasteiger partial charge is 0.190 e. The van der Waals surface area contributed by atoms with E-state index >= 15 is 0 Å². The van der Waals surface area contributed by atoms with Crippen LogP contribution in [-0.2, 0) is 9.59 Å². The number of benzene rings is 1. The minimum Gasteiger partial charge on any atom is -0.299 e. The van der Waals surface area contributed by atoms with Crippen molar-refractivity contribution in [2.45, 2.75) is 65.0 Å². The van der Waals surface area contributed by atoms with Gasteiger partial charge in [0.2, 0.25) is 0 Å². The van der Waals surface area contributed by atoms with Crippen molar-refractivity contribution >= 4 is 34.3 Å². The first-order valence-corrected chi connectivity index (χ1v) is 9.08. The quantitative estimate of drug-likeness (QED) is 0.662. The first kappa shape index (κ1) is 20.2. The molecule has 0 heterocycles. The van der Waals surface area contributed by atoms with Crippen molar-refractivity contribution in [2.75, 3.05) is 0 Å². The number of thioether (sulfide) groups is 1. The fraction of sp³-hybridized carbons (Fsp3) is 0.579. The molecule has 0 fully saturated rings. The second kappa shape index (κ2) is 7.85. The van der Waals surface area contributed by atoms with Gasteiger partial charge in [-0.15, -0.1) is 0 Å².